The summed E-state index contributed by atoms with van der Waals surface area (Å²) < 4.78 is 34.9. The molecule has 214 valence electrons. The highest BCUT2D eigenvalue weighted by molar-refractivity contribution is 5.89. The highest BCUT2D eigenvalue weighted by Crippen LogP contribution is 2.29. The van der Waals surface area contributed by atoms with E-state index in [0.717, 1.165) is 5.56 Å². The molecule has 0 bridgehead atoms. The molecule has 0 saturated carbocycles. The number of alkyl halides is 1. The van der Waals surface area contributed by atoms with Gasteiger partial charge in [0.05, 0.1) is 37.9 Å². The first-order chi connectivity index (χ1) is 19.2. The number of hydrogen-bond donors (Lipinski definition) is 3. The molecule has 0 aromatic heterocycles. The van der Waals surface area contributed by atoms with E-state index in [2.05, 4.69) is 10.4 Å². The SMILES string of the molecule is CC(C)c1ccc([C@@H](NC(=O)[C@@H]2C[C@@H](F)CN2C(=O)C/C(N)=C(/N=N)N2CCOCC2)c2ccccc2)cc1F. The molecule has 2 amide bonds. The van der Waals surface area contributed by atoms with Gasteiger partial charge in [-0.3, -0.25) is 9.59 Å². The van der Waals surface area contributed by atoms with Crippen LogP contribution >= 0.6 is 0 Å². The summed E-state index contributed by atoms with van der Waals surface area (Å²) in [6, 6.07) is 12.2. The number of carbonyl (C=O) groups is 2. The Morgan fingerprint density at radius 2 is 1.85 bits per heavy atom. The Labute approximate surface area is 232 Å². The molecule has 0 aliphatic carbocycles. The lowest BCUT2D eigenvalue weighted by Gasteiger charge is -2.30. The van der Waals surface area contributed by atoms with Crippen LogP contribution in [0.4, 0.5) is 8.78 Å². The Bertz CT molecular complexity index is 1250. The van der Waals surface area contributed by atoms with Crippen LogP contribution in [0.3, 0.4) is 0 Å². The van der Waals surface area contributed by atoms with Crippen molar-refractivity contribution < 1.29 is 23.1 Å². The highest BCUT2D eigenvalue weighted by atomic mass is 19.1. The first-order valence-corrected chi connectivity index (χ1v) is 13.5. The number of rotatable bonds is 9. The Hall–Kier alpha value is -3.86. The van der Waals surface area contributed by atoms with Gasteiger partial charge in [0.1, 0.15) is 18.0 Å². The second kappa shape index (κ2) is 13.0. The first-order valence-electron chi connectivity index (χ1n) is 13.5. The van der Waals surface area contributed by atoms with Crippen LogP contribution in [0.1, 0.15) is 55.3 Å². The van der Waals surface area contributed by atoms with Crippen LogP contribution in [0.5, 0.6) is 0 Å². The predicted molar refractivity (Wildman–Crippen MR) is 145 cm³/mol. The molecule has 4 N–H and O–H groups in total. The van der Waals surface area contributed by atoms with Gasteiger partial charge in [0.15, 0.2) is 5.82 Å². The zero-order valence-corrected chi connectivity index (χ0v) is 22.8. The van der Waals surface area contributed by atoms with Crippen LogP contribution in [0.25, 0.3) is 0 Å². The maximum absolute atomic E-state index is 14.9. The number of likely N-dealkylation sites (tertiary alicyclic amines) is 1. The van der Waals surface area contributed by atoms with Crippen LogP contribution in [-0.2, 0) is 14.3 Å². The Morgan fingerprint density at radius 3 is 2.48 bits per heavy atom. The van der Waals surface area contributed by atoms with E-state index in [1.165, 1.54) is 11.0 Å². The summed E-state index contributed by atoms with van der Waals surface area (Å²) in [6.45, 7) is 5.41. The Balaban J connectivity index is 1.55. The first kappa shape index (κ1) is 29.1. The number of nitrogens with two attached hydrogens (primary N) is 1. The smallest absolute Gasteiger partial charge is 0.243 e. The van der Waals surface area contributed by atoms with E-state index in [1.807, 2.05) is 44.2 Å². The number of benzene rings is 2. The van der Waals surface area contributed by atoms with E-state index in [4.69, 9.17) is 16.0 Å². The van der Waals surface area contributed by atoms with Gasteiger partial charge in [0.25, 0.3) is 0 Å². The van der Waals surface area contributed by atoms with Crippen molar-refractivity contribution in [2.75, 3.05) is 32.8 Å². The third kappa shape index (κ3) is 6.64. The normalized spacial score (nSPS) is 20.7. The molecule has 0 unspecified atom stereocenters. The minimum Gasteiger partial charge on any atom is -0.399 e. The van der Waals surface area contributed by atoms with Crippen molar-refractivity contribution in [2.45, 2.75) is 50.9 Å². The zero-order valence-electron chi connectivity index (χ0n) is 22.8. The molecule has 3 atom stereocenters. The number of ether oxygens (including phenoxy) is 1. The summed E-state index contributed by atoms with van der Waals surface area (Å²) in [5, 5.41) is 6.44. The summed E-state index contributed by atoms with van der Waals surface area (Å²) in [4.78, 5) is 29.8. The number of nitrogens with zero attached hydrogens (tertiary/aromatic N) is 3. The molecular formula is C29H36F2N6O3. The lowest BCUT2D eigenvalue weighted by atomic mass is 9.94. The lowest BCUT2D eigenvalue weighted by Crippen LogP contribution is -2.47. The number of morpholine rings is 1. The van der Waals surface area contributed by atoms with Crippen molar-refractivity contribution in [2.24, 2.45) is 10.8 Å². The summed E-state index contributed by atoms with van der Waals surface area (Å²) >= 11 is 0. The predicted octanol–water partition coefficient (Wildman–Crippen LogP) is 3.97. The quantitative estimate of drug-likeness (QED) is 0.405. The summed E-state index contributed by atoms with van der Waals surface area (Å²) in [6.07, 6.45) is -1.86. The molecule has 2 saturated heterocycles. The van der Waals surface area contributed by atoms with Crippen molar-refractivity contribution in [1.82, 2.24) is 15.1 Å². The number of carbonyl (C=O) groups excluding carboxylic acids is 2. The monoisotopic (exact) mass is 554 g/mol. The molecule has 2 aromatic carbocycles. The average molecular weight is 555 g/mol. The van der Waals surface area contributed by atoms with E-state index in [0.29, 0.717) is 37.4 Å². The van der Waals surface area contributed by atoms with Gasteiger partial charge in [-0.15, -0.1) is 5.11 Å². The molecule has 0 radical (unpaired) electrons. The second-order valence-electron chi connectivity index (χ2n) is 10.4. The largest absolute Gasteiger partial charge is 0.399 e. The van der Waals surface area contributed by atoms with E-state index < -0.39 is 30.1 Å². The third-order valence-electron chi connectivity index (χ3n) is 7.32. The molecule has 2 aromatic rings. The van der Waals surface area contributed by atoms with Crippen molar-refractivity contribution in [3.8, 4) is 0 Å². The van der Waals surface area contributed by atoms with Gasteiger partial charge in [-0.05, 0) is 28.7 Å². The summed E-state index contributed by atoms with van der Waals surface area (Å²) in [5.74, 6) is -1.29. The molecule has 2 fully saturated rings. The molecule has 0 spiro atoms. The van der Waals surface area contributed by atoms with Gasteiger partial charge in [-0.2, -0.15) is 0 Å². The van der Waals surface area contributed by atoms with E-state index in [1.54, 1.807) is 17.0 Å². The molecule has 11 heteroatoms. The topological polar surface area (TPSA) is 124 Å². The lowest BCUT2D eigenvalue weighted by molar-refractivity contribution is -0.138. The minimum absolute atomic E-state index is 0.00790. The minimum atomic E-state index is -1.39. The molecule has 9 nitrogen and oxygen atoms in total. The second-order valence-corrected chi connectivity index (χ2v) is 10.4. The fourth-order valence-electron chi connectivity index (χ4n) is 5.21. The standard InChI is InChI=1S/C29H36F2N6O3/c1-18(2)22-9-8-20(14-23(22)31)27(19-6-4-3-5-7-19)34-29(39)25-15-21(30)17-37(25)26(38)16-24(32)28(35-33)36-10-12-40-13-11-36/h3-9,14,18,21,25,27,33H,10-13,15-17,32H2,1-2H3,(H,34,39)/b28-24+,35-33?/t21-,25+,27+/m1/s1. The fourth-order valence-corrected chi connectivity index (χ4v) is 5.21. The van der Waals surface area contributed by atoms with Crippen LogP contribution in [-0.4, -0.2) is 66.7 Å². The van der Waals surface area contributed by atoms with Crippen molar-refractivity contribution >= 4 is 11.8 Å². The van der Waals surface area contributed by atoms with Gasteiger partial charge in [0.2, 0.25) is 11.8 Å². The van der Waals surface area contributed by atoms with Gasteiger partial charge in [0, 0.05) is 19.5 Å². The van der Waals surface area contributed by atoms with E-state index >= 15 is 0 Å². The van der Waals surface area contributed by atoms with Gasteiger partial charge >= 0.3 is 0 Å². The number of halogens is 2. The van der Waals surface area contributed by atoms with Gasteiger partial charge in [-0.25, -0.2) is 14.3 Å². The van der Waals surface area contributed by atoms with Gasteiger partial charge < -0.3 is 25.6 Å². The molecule has 40 heavy (non-hydrogen) atoms. The number of amides is 2. The maximum atomic E-state index is 14.9. The summed E-state index contributed by atoms with van der Waals surface area (Å²) in [5.41, 5.74) is 15.6. The summed E-state index contributed by atoms with van der Waals surface area (Å²) in [7, 11) is 0. The molecule has 2 aliphatic rings. The molecule has 4 rings (SSSR count). The van der Waals surface area contributed by atoms with Crippen LogP contribution in [0.15, 0.2) is 65.2 Å². The number of hydrogen-bond acceptors (Lipinski definition) is 7. The van der Waals surface area contributed by atoms with E-state index in [-0.39, 0.29) is 42.6 Å². The van der Waals surface area contributed by atoms with Crippen molar-refractivity contribution in [3.05, 3.63) is 82.6 Å². The van der Waals surface area contributed by atoms with Crippen LogP contribution < -0.4 is 11.1 Å². The van der Waals surface area contributed by atoms with Gasteiger partial charge in [-0.1, -0.05) is 56.3 Å². The molecule has 2 heterocycles. The number of nitrogens with one attached hydrogen (secondary N) is 2. The molecular weight excluding hydrogens is 518 g/mol. The zero-order chi connectivity index (χ0) is 28.8. The van der Waals surface area contributed by atoms with Crippen LogP contribution in [0, 0.1) is 11.3 Å². The van der Waals surface area contributed by atoms with E-state index in [9.17, 15) is 18.4 Å². The maximum Gasteiger partial charge on any atom is 0.243 e. The fraction of sp³-hybridized carbons (Fsp3) is 0.448. The molecule has 2 aliphatic heterocycles. The average Bonchev–Trinajstić information content (AvgIpc) is 3.35. The third-order valence-corrected chi connectivity index (χ3v) is 7.32. The van der Waals surface area contributed by atoms with Crippen LogP contribution in [0.2, 0.25) is 0 Å². The van der Waals surface area contributed by atoms with Crippen molar-refractivity contribution in [1.29, 1.82) is 5.53 Å². The van der Waals surface area contributed by atoms with Crippen molar-refractivity contribution in [3.63, 3.8) is 0 Å². The highest BCUT2D eigenvalue weighted by Gasteiger charge is 2.40. The Kier molecular flexibility index (Phi) is 9.46. The Morgan fingerprint density at radius 1 is 1.15 bits per heavy atom.